The molecular weight excluding hydrogens is 428 g/mol. The number of nitrogens with one attached hydrogen (secondary N) is 2. The minimum atomic E-state index is -0.392. The number of allylic oxidation sites excluding steroid dienone is 1. The van der Waals surface area contributed by atoms with Gasteiger partial charge in [0.25, 0.3) is 5.91 Å². The van der Waals surface area contributed by atoms with Crippen molar-refractivity contribution in [3.63, 3.8) is 0 Å². The smallest absolute Gasteiger partial charge is 0.289 e. The zero-order valence-corrected chi connectivity index (χ0v) is 18.6. The number of benzene rings is 3. The maximum atomic E-state index is 12.4. The Morgan fingerprint density at radius 1 is 1.03 bits per heavy atom. The summed E-state index contributed by atoms with van der Waals surface area (Å²) in [6.07, 6.45) is 5.06. The Balaban J connectivity index is 1.34. The topological polar surface area (TPSA) is 88.6 Å². The summed E-state index contributed by atoms with van der Waals surface area (Å²) in [7, 11) is 1.62. The first-order chi connectivity index (χ1) is 16.7. The summed E-state index contributed by atoms with van der Waals surface area (Å²) in [5.74, 6) is 1.09. The largest absolute Gasteiger partial charge is 0.496 e. The van der Waals surface area contributed by atoms with Gasteiger partial charge in [0.15, 0.2) is 0 Å². The van der Waals surface area contributed by atoms with Crippen molar-refractivity contribution in [3.05, 3.63) is 108 Å². The van der Waals surface area contributed by atoms with Gasteiger partial charge in [0.05, 0.1) is 12.8 Å². The maximum Gasteiger partial charge on any atom is 0.289 e. The van der Waals surface area contributed by atoms with Crippen LogP contribution in [0.1, 0.15) is 21.6 Å². The third-order valence-electron chi connectivity index (χ3n) is 4.94. The lowest BCUT2D eigenvalue weighted by molar-refractivity contribution is 0.0950. The van der Waals surface area contributed by atoms with Crippen molar-refractivity contribution in [2.75, 3.05) is 7.11 Å². The zero-order valence-electron chi connectivity index (χ0n) is 18.6. The van der Waals surface area contributed by atoms with Gasteiger partial charge in [-0.05, 0) is 42.0 Å². The first-order valence-electron chi connectivity index (χ1n) is 10.7. The van der Waals surface area contributed by atoms with E-state index in [1.54, 1.807) is 19.3 Å². The van der Waals surface area contributed by atoms with Crippen LogP contribution in [0, 0.1) is 0 Å². The molecule has 0 saturated carbocycles. The van der Waals surface area contributed by atoms with Gasteiger partial charge in [-0.1, -0.05) is 60.7 Å². The van der Waals surface area contributed by atoms with E-state index in [0.717, 1.165) is 28.2 Å². The predicted molar refractivity (Wildman–Crippen MR) is 133 cm³/mol. The fourth-order valence-electron chi connectivity index (χ4n) is 3.22. The van der Waals surface area contributed by atoms with E-state index in [9.17, 15) is 4.79 Å². The van der Waals surface area contributed by atoms with Crippen LogP contribution in [0.3, 0.4) is 0 Å². The van der Waals surface area contributed by atoms with Crippen LogP contribution in [0.15, 0.2) is 96.1 Å². The molecule has 0 fully saturated rings. The summed E-state index contributed by atoms with van der Waals surface area (Å²) in [6, 6.07) is 26.8. The number of aromatic amines is 1. The van der Waals surface area contributed by atoms with E-state index in [1.165, 1.54) is 6.21 Å². The van der Waals surface area contributed by atoms with Crippen LogP contribution in [0.5, 0.6) is 11.5 Å². The van der Waals surface area contributed by atoms with Crippen LogP contribution in [0.2, 0.25) is 0 Å². The lowest BCUT2D eigenvalue weighted by Gasteiger charge is -2.07. The number of carbonyl (C=O) groups is 1. The Kier molecular flexibility index (Phi) is 7.48. The molecule has 1 aromatic heterocycles. The highest BCUT2D eigenvalue weighted by atomic mass is 16.5. The van der Waals surface area contributed by atoms with E-state index in [1.807, 2.05) is 84.9 Å². The van der Waals surface area contributed by atoms with E-state index in [2.05, 4.69) is 20.7 Å². The van der Waals surface area contributed by atoms with Crippen LogP contribution < -0.4 is 14.9 Å². The molecule has 0 unspecified atom stereocenters. The molecule has 4 rings (SSSR count). The van der Waals surface area contributed by atoms with Gasteiger partial charge in [-0.3, -0.25) is 9.89 Å². The molecule has 0 atom stereocenters. The Morgan fingerprint density at radius 3 is 2.71 bits per heavy atom. The maximum absolute atomic E-state index is 12.4. The number of nitrogens with zero attached hydrogens (tertiary/aromatic N) is 2. The predicted octanol–water partition coefficient (Wildman–Crippen LogP) is 5.09. The summed E-state index contributed by atoms with van der Waals surface area (Å²) >= 11 is 0. The van der Waals surface area contributed by atoms with Gasteiger partial charge >= 0.3 is 0 Å². The highest BCUT2D eigenvalue weighted by Gasteiger charge is 2.11. The van der Waals surface area contributed by atoms with Crippen molar-refractivity contribution in [2.24, 2.45) is 5.10 Å². The monoisotopic (exact) mass is 452 g/mol. The van der Waals surface area contributed by atoms with Gasteiger partial charge in [0.1, 0.15) is 23.8 Å². The second-order valence-electron chi connectivity index (χ2n) is 7.29. The zero-order chi connectivity index (χ0) is 23.6. The van der Waals surface area contributed by atoms with Crippen molar-refractivity contribution < 1.29 is 14.3 Å². The Bertz CT molecular complexity index is 1300. The number of hydrogen-bond acceptors (Lipinski definition) is 5. The quantitative estimate of drug-likeness (QED) is 0.273. The number of hydrazone groups is 1. The highest BCUT2D eigenvalue weighted by molar-refractivity contribution is 5.94. The second kappa shape index (κ2) is 11.3. The molecule has 3 aromatic carbocycles. The summed E-state index contributed by atoms with van der Waals surface area (Å²) in [5, 5.41) is 10.9. The van der Waals surface area contributed by atoms with E-state index >= 15 is 0 Å². The lowest BCUT2D eigenvalue weighted by Crippen LogP contribution is -2.17. The van der Waals surface area contributed by atoms with Crippen molar-refractivity contribution >= 4 is 18.2 Å². The Morgan fingerprint density at radius 2 is 1.85 bits per heavy atom. The van der Waals surface area contributed by atoms with E-state index in [0.29, 0.717) is 18.0 Å². The highest BCUT2D eigenvalue weighted by Crippen LogP contribution is 2.23. The molecule has 1 heterocycles. The molecule has 2 N–H and O–H groups in total. The van der Waals surface area contributed by atoms with Crippen molar-refractivity contribution in [2.45, 2.75) is 6.61 Å². The van der Waals surface area contributed by atoms with Crippen LogP contribution >= 0.6 is 0 Å². The van der Waals surface area contributed by atoms with Gasteiger partial charge in [0, 0.05) is 17.3 Å². The third kappa shape index (κ3) is 5.98. The number of para-hydroxylation sites is 1. The summed E-state index contributed by atoms with van der Waals surface area (Å²) in [5.41, 5.74) is 6.26. The minimum absolute atomic E-state index is 0.302. The molecule has 34 heavy (non-hydrogen) atoms. The molecule has 7 heteroatoms. The molecule has 0 radical (unpaired) electrons. The number of ether oxygens (including phenoxy) is 2. The number of methoxy groups -OCH3 is 1. The number of H-pyrrole nitrogens is 1. The molecule has 170 valence electrons. The molecule has 0 aliphatic rings. The molecule has 7 nitrogen and oxygen atoms in total. The summed E-state index contributed by atoms with van der Waals surface area (Å²) in [4.78, 5) is 12.4. The number of aromatic nitrogens is 2. The van der Waals surface area contributed by atoms with Gasteiger partial charge in [-0.15, -0.1) is 0 Å². The van der Waals surface area contributed by atoms with Crippen LogP contribution in [0.25, 0.3) is 17.3 Å². The van der Waals surface area contributed by atoms with E-state index in [-0.39, 0.29) is 0 Å². The van der Waals surface area contributed by atoms with Gasteiger partial charge in [0.2, 0.25) is 0 Å². The third-order valence-corrected chi connectivity index (χ3v) is 4.94. The molecule has 0 aliphatic heterocycles. The SMILES string of the molecule is COc1ccccc1C=CC=NNC(=O)c1cc(-c2cccc(OCc3ccccc3)c2)n[nH]1. The van der Waals surface area contributed by atoms with Crippen LogP contribution in [0.4, 0.5) is 0 Å². The van der Waals surface area contributed by atoms with Crippen LogP contribution in [-0.2, 0) is 6.61 Å². The normalized spacial score (nSPS) is 11.1. The Hall–Kier alpha value is -4.65. The first kappa shape index (κ1) is 22.5. The van der Waals surface area contributed by atoms with Crippen molar-refractivity contribution in [1.29, 1.82) is 0 Å². The molecule has 4 aromatic rings. The molecule has 0 bridgehead atoms. The van der Waals surface area contributed by atoms with Crippen LogP contribution in [-0.4, -0.2) is 29.4 Å². The minimum Gasteiger partial charge on any atom is -0.496 e. The molecule has 0 aliphatic carbocycles. The Labute approximate surface area is 197 Å². The fraction of sp³-hybridized carbons (Fsp3) is 0.0741. The average molecular weight is 453 g/mol. The van der Waals surface area contributed by atoms with Gasteiger partial charge in [-0.2, -0.15) is 10.2 Å². The van der Waals surface area contributed by atoms with Gasteiger partial charge < -0.3 is 9.47 Å². The van der Waals surface area contributed by atoms with E-state index in [4.69, 9.17) is 9.47 Å². The summed E-state index contributed by atoms with van der Waals surface area (Å²) in [6.45, 7) is 0.474. The van der Waals surface area contributed by atoms with E-state index < -0.39 is 5.91 Å². The van der Waals surface area contributed by atoms with Crippen molar-refractivity contribution in [1.82, 2.24) is 15.6 Å². The summed E-state index contributed by atoms with van der Waals surface area (Å²) < 4.78 is 11.2. The lowest BCUT2D eigenvalue weighted by atomic mass is 10.1. The average Bonchev–Trinajstić information content (AvgIpc) is 3.39. The number of carbonyl (C=O) groups excluding carboxylic acids is 1. The second-order valence-corrected chi connectivity index (χ2v) is 7.29. The number of rotatable bonds is 9. The standard InChI is InChI=1S/C27H24N4O3/c1-33-26-15-6-5-11-21(26)13-8-16-28-31-27(32)25-18-24(29-30-25)22-12-7-14-23(17-22)34-19-20-9-3-2-4-10-20/h2-18H,19H2,1H3,(H,29,30)(H,31,32). The molecule has 0 spiro atoms. The molecule has 0 saturated heterocycles. The molecular formula is C27H24N4O3. The molecule has 1 amide bonds. The fourth-order valence-corrected chi connectivity index (χ4v) is 3.22. The first-order valence-corrected chi connectivity index (χ1v) is 10.7. The van der Waals surface area contributed by atoms with Crippen molar-refractivity contribution in [3.8, 4) is 22.8 Å². The number of hydrogen-bond donors (Lipinski definition) is 2. The number of amides is 1. The van der Waals surface area contributed by atoms with Gasteiger partial charge in [-0.25, -0.2) is 5.43 Å².